The van der Waals surface area contributed by atoms with Gasteiger partial charge in [-0.2, -0.15) is 0 Å². The number of likely N-dealkylation sites (N-methyl/N-ethyl adjacent to an activating group) is 1. The Balaban J connectivity index is 1.68. The van der Waals surface area contributed by atoms with E-state index in [1.165, 1.54) is 5.56 Å². The number of amides is 1. The number of hydrogen-bond acceptors (Lipinski definition) is 5. The average Bonchev–Trinajstić information content (AvgIpc) is 2.72. The standard InChI is InChI=1S/C21H29N5O/c1-4-24-12-14-25(15-13-24)21(27)19-10-11-20(23-22-19)26(17(2)3)16-18-8-6-5-7-9-18/h5-11,17H,4,12-16H2,1-3H3. The molecule has 0 spiro atoms. The van der Waals surface area contributed by atoms with Crippen molar-refractivity contribution in [3.05, 3.63) is 53.7 Å². The highest BCUT2D eigenvalue weighted by atomic mass is 16.2. The molecule has 2 heterocycles. The number of aromatic nitrogens is 2. The summed E-state index contributed by atoms with van der Waals surface area (Å²) in [5, 5.41) is 8.60. The van der Waals surface area contributed by atoms with Crippen LogP contribution in [0.3, 0.4) is 0 Å². The van der Waals surface area contributed by atoms with Gasteiger partial charge in [0, 0.05) is 38.8 Å². The van der Waals surface area contributed by atoms with Gasteiger partial charge in [-0.15, -0.1) is 10.2 Å². The number of rotatable bonds is 6. The van der Waals surface area contributed by atoms with Gasteiger partial charge in [0.15, 0.2) is 11.5 Å². The third-order valence-electron chi connectivity index (χ3n) is 5.09. The van der Waals surface area contributed by atoms with E-state index in [1.54, 1.807) is 6.07 Å². The van der Waals surface area contributed by atoms with Crippen molar-refractivity contribution >= 4 is 11.7 Å². The SMILES string of the molecule is CCN1CCN(C(=O)c2ccc(N(Cc3ccccc3)C(C)C)nn2)CC1. The molecule has 1 aliphatic rings. The summed E-state index contributed by atoms with van der Waals surface area (Å²) in [5.41, 5.74) is 1.65. The van der Waals surface area contributed by atoms with Crippen LogP contribution in [0, 0.1) is 0 Å². The second-order valence-corrected chi connectivity index (χ2v) is 7.21. The fourth-order valence-electron chi connectivity index (χ4n) is 3.33. The Labute approximate surface area is 161 Å². The van der Waals surface area contributed by atoms with Crippen molar-refractivity contribution in [3.63, 3.8) is 0 Å². The first-order valence-corrected chi connectivity index (χ1v) is 9.74. The largest absolute Gasteiger partial charge is 0.348 e. The van der Waals surface area contributed by atoms with Crippen LogP contribution in [0.15, 0.2) is 42.5 Å². The highest BCUT2D eigenvalue weighted by molar-refractivity contribution is 5.92. The van der Waals surface area contributed by atoms with Crippen molar-refractivity contribution in [1.82, 2.24) is 20.0 Å². The van der Waals surface area contributed by atoms with Crippen LogP contribution in [0.1, 0.15) is 36.8 Å². The first-order valence-electron chi connectivity index (χ1n) is 9.74. The van der Waals surface area contributed by atoms with Crippen molar-refractivity contribution in [2.24, 2.45) is 0 Å². The van der Waals surface area contributed by atoms with Crippen LogP contribution >= 0.6 is 0 Å². The van der Waals surface area contributed by atoms with Gasteiger partial charge in [-0.05, 0) is 38.1 Å². The minimum absolute atomic E-state index is 0.0241. The lowest BCUT2D eigenvalue weighted by molar-refractivity contribution is 0.0636. The quantitative estimate of drug-likeness (QED) is 0.786. The number of carbonyl (C=O) groups is 1. The van der Waals surface area contributed by atoms with E-state index in [1.807, 2.05) is 29.2 Å². The second kappa shape index (κ2) is 8.95. The fraction of sp³-hybridized carbons (Fsp3) is 0.476. The molecule has 1 aromatic heterocycles. The number of benzene rings is 1. The average molecular weight is 367 g/mol. The Morgan fingerprint density at radius 3 is 2.30 bits per heavy atom. The summed E-state index contributed by atoms with van der Waals surface area (Å²) in [6.07, 6.45) is 0. The molecule has 0 atom stereocenters. The van der Waals surface area contributed by atoms with Crippen LogP contribution in [0.4, 0.5) is 5.82 Å². The Bertz CT molecular complexity index is 724. The molecule has 0 saturated carbocycles. The maximum Gasteiger partial charge on any atom is 0.274 e. The summed E-state index contributed by atoms with van der Waals surface area (Å²) in [6, 6.07) is 14.3. The predicted molar refractivity (Wildman–Crippen MR) is 108 cm³/mol. The highest BCUT2D eigenvalue weighted by Gasteiger charge is 2.23. The van der Waals surface area contributed by atoms with Crippen molar-refractivity contribution in [3.8, 4) is 0 Å². The van der Waals surface area contributed by atoms with E-state index < -0.39 is 0 Å². The smallest absolute Gasteiger partial charge is 0.274 e. The van der Waals surface area contributed by atoms with Gasteiger partial charge >= 0.3 is 0 Å². The summed E-state index contributed by atoms with van der Waals surface area (Å²) in [6.45, 7) is 11.6. The molecule has 1 aromatic carbocycles. The van der Waals surface area contributed by atoms with Crippen LogP contribution in [-0.4, -0.2) is 64.7 Å². The molecule has 144 valence electrons. The number of carbonyl (C=O) groups excluding carboxylic acids is 1. The molecular weight excluding hydrogens is 338 g/mol. The zero-order valence-electron chi connectivity index (χ0n) is 16.5. The molecule has 3 rings (SSSR count). The maximum absolute atomic E-state index is 12.7. The molecule has 1 saturated heterocycles. The zero-order valence-corrected chi connectivity index (χ0v) is 16.5. The zero-order chi connectivity index (χ0) is 19.2. The summed E-state index contributed by atoms with van der Waals surface area (Å²) in [4.78, 5) is 19.1. The number of nitrogens with zero attached hydrogens (tertiary/aromatic N) is 5. The van der Waals surface area contributed by atoms with Crippen LogP contribution in [0.2, 0.25) is 0 Å². The minimum Gasteiger partial charge on any atom is -0.348 e. The van der Waals surface area contributed by atoms with E-state index in [4.69, 9.17) is 0 Å². The topological polar surface area (TPSA) is 52.6 Å². The lowest BCUT2D eigenvalue weighted by Gasteiger charge is -2.33. The molecule has 1 aliphatic heterocycles. The van der Waals surface area contributed by atoms with Crippen LogP contribution in [0.25, 0.3) is 0 Å². The molecule has 0 bridgehead atoms. The molecule has 6 heteroatoms. The van der Waals surface area contributed by atoms with Gasteiger partial charge in [-0.1, -0.05) is 37.3 Å². The molecule has 27 heavy (non-hydrogen) atoms. The normalized spacial score (nSPS) is 15.2. The lowest BCUT2D eigenvalue weighted by atomic mass is 10.2. The van der Waals surface area contributed by atoms with Crippen molar-refractivity contribution in [2.75, 3.05) is 37.6 Å². The van der Waals surface area contributed by atoms with Gasteiger partial charge in [0.05, 0.1) is 0 Å². The molecule has 0 aliphatic carbocycles. The summed E-state index contributed by atoms with van der Waals surface area (Å²) in [7, 11) is 0. The molecule has 0 radical (unpaired) electrons. The van der Waals surface area contributed by atoms with Crippen LogP contribution in [0.5, 0.6) is 0 Å². The van der Waals surface area contributed by atoms with Gasteiger partial charge in [0.1, 0.15) is 0 Å². The monoisotopic (exact) mass is 367 g/mol. The van der Waals surface area contributed by atoms with E-state index >= 15 is 0 Å². The van der Waals surface area contributed by atoms with Crippen molar-refractivity contribution in [2.45, 2.75) is 33.4 Å². The maximum atomic E-state index is 12.7. The third kappa shape index (κ3) is 4.83. The van der Waals surface area contributed by atoms with Gasteiger partial charge in [-0.3, -0.25) is 4.79 Å². The first kappa shape index (κ1) is 19.3. The Morgan fingerprint density at radius 1 is 1.04 bits per heavy atom. The molecule has 0 N–H and O–H groups in total. The van der Waals surface area contributed by atoms with Gasteiger partial charge in [0.2, 0.25) is 0 Å². The van der Waals surface area contributed by atoms with E-state index in [9.17, 15) is 4.79 Å². The molecule has 0 unspecified atom stereocenters. The summed E-state index contributed by atoms with van der Waals surface area (Å²) in [5.74, 6) is 0.769. The summed E-state index contributed by atoms with van der Waals surface area (Å²) < 4.78 is 0. The second-order valence-electron chi connectivity index (χ2n) is 7.21. The van der Waals surface area contributed by atoms with Gasteiger partial charge in [0.25, 0.3) is 5.91 Å². The molecule has 2 aromatic rings. The molecule has 6 nitrogen and oxygen atoms in total. The van der Waals surface area contributed by atoms with Gasteiger partial charge < -0.3 is 14.7 Å². The third-order valence-corrected chi connectivity index (χ3v) is 5.09. The first-order chi connectivity index (χ1) is 13.1. The Kier molecular flexibility index (Phi) is 6.40. The molecular formula is C21H29N5O. The van der Waals surface area contributed by atoms with E-state index in [-0.39, 0.29) is 11.9 Å². The lowest BCUT2D eigenvalue weighted by Crippen LogP contribution is -2.48. The van der Waals surface area contributed by atoms with E-state index in [0.29, 0.717) is 5.69 Å². The number of anilines is 1. The molecule has 1 amide bonds. The number of hydrogen-bond donors (Lipinski definition) is 0. The highest BCUT2D eigenvalue weighted by Crippen LogP contribution is 2.18. The van der Waals surface area contributed by atoms with E-state index in [2.05, 4.69) is 52.9 Å². The summed E-state index contributed by atoms with van der Waals surface area (Å²) >= 11 is 0. The van der Waals surface area contributed by atoms with Gasteiger partial charge in [-0.25, -0.2) is 0 Å². The predicted octanol–water partition coefficient (Wildman–Crippen LogP) is 2.67. The Hall–Kier alpha value is -2.47. The number of piperazine rings is 1. The van der Waals surface area contributed by atoms with Crippen LogP contribution in [-0.2, 0) is 6.54 Å². The van der Waals surface area contributed by atoms with Crippen molar-refractivity contribution in [1.29, 1.82) is 0 Å². The fourth-order valence-corrected chi connectivity index (χ4v) is 3.33. The Morgan fingerprint density at radius 2 is 1.74 bits per heavy atom. The van der Waals surface area contributed by atoms with E-state index in [0.717, 1.165) is 45.1 Å². The van der Waals surface area contributed by atoms with Crippen LogP contribution < -0.4 is 4.90 Å². The minimum atomic E-state index is -0.0241. The molecule has 1 fully saturated rings. The van der Waals surface area contributed by atoms with Crippen molar-refractivity contribution < 1.29 is 4.79 Å².